The van der Waals surface area contributed by atoms with Gasteiger partial charge in [0, 0.05) is 24.6 Å². The summed E-state index contributed by atoms with van der Waals surface area (Å²) in [6.07, 6.45) is 5.32. The fraction of sp³-hybridized carbons (Fsp3) is 0.391. The Bertz CT molecular complexity index is 950. The summed E-state index contributed by atoms with van der Waals surface area (Å²) in [6, 6.07) is 14.8. The summed E-state index contributed by atoms with van der Waals surface area (Å²) in [5, 5.41) is 5.67. The van der Waals surface area contributed by atoms with Gasteiger partial charge in [0.1, 0.15) is 0 Å². The van der Waals surface area contributed by atoms with Crippen molar-refractivity contribution in [3.8, 4) is 0 Å². The van der Waals surface area contributed by atoms with E-state index < -0.39 is 9.84 Å². The molecule has 0 bridgehead atoms. The molecule has 2 N–H and O–H groups in total. The maximum Gasteiger partial charge on any atom is 0.251 e. The van der Waals surface area contributed by atoms with Crippen molar-refractivity contribution in [3.63, 3.8) is 0 Å². The van der Waals surface area contributed by atoms with Crippen molar-refractivity contribution in [3.05, 3.63) is 65.7 Å². The van der Waals surface area contributed by atoms with Crippen molar-refractivity contribution in [2.45, 2.75) is 42.8 Å². The lowest BCUT2D eigenvalue weighted by atomic mass is 9.89. The summed E-state index contributed by atoms with van der Waals surface area (Å²) >= 11 is 0. The molecule has 1 aliphatic rings. The predicted octanol–water partition coefficient (Wildman–Crippen LogP) is 3.09. The van der Waals surface area contributed by atoms with E-state index in [1.807, 2.05) is 0 Å². The predicted molar refractivity (Wildman–Crippen MR) is 116 cm³/mol. The van der Waals surface area contributed by atoms with E-state index in [1.54, 1.807) is 54.6 Å². The van der Waals surface area contributed by atoms with Crippen LogP contribution in [-0.2, 0) is 20.4 Å². The molecule has 0 unspecified atom stereocenters. The van der Waals surface area contributed by atoms with Gasteiger partial charge >= 0.3 is 0 Å². The number of sulfone groups is 1. The van der Waals surface area contributed by atoms with Gasteiger partial charge in [0.15, 0.2) is 9.84 Å². The smallest absolute Gasteiger partial charge is 0.251 e. The van der Waals surface area contributed by atoms with Crippen LogP contribution in [0, 0.1) is 5.92 Å². The molecule has 2 amide bonds. The second-order valence-electron chi connectivity index (χ2n) is 7.65. The average Bonchev–Trinajstić information content (AvgIpc) is 2.78. The van der Waals surface area contributed by atoms with Crippen LogP contribution in [0.1, 0.15) is 48.0 Å². The molecular weight excluding hydrogens is 400 g/mol. The first-order valence-electron chi connectivity index (χ1n) is 10.4. The van der Waals surface area contributed by atoms with E-state index in [0.717, 1.165) is 25.7 Å². The Balaban J connectivity index is 1.45. The number of nitrogens with one attached hydrogen (secondary N) is 2. The average molecular weight is 429 g/mol. The third-order valence-electron chi connectivity index (χ3n) is 5.36. The largest absolute Gasteiger partial charge is 0.354 e. The van der Waals surface area contributed by atoms with Crippen LogP contribution in [0.4, 0.5) is 0 Å². The molecule has 1 aliphatic carbocycles. The van der Waals surface area contributed by atoms with E-state index in [2.05, 4.69) is 10.6 Å². The topological polar surface area (TPSA) is 92.3 Å². The van der Waals surface area contributed by atoms with E-state index in [9.17, 15) is 18.0 Å². The molecule has 0 heterocycles. The molecule has 0 saturated heterocycles. The fourth-order valence-electron chi connectivity index (χ4n) is 3.66. The monoisotopic (exact) mass is 428 g/mol. The number of benzene rings is 2. The number of hydrogen-bond acceptors (Lipinski definition) is 4. The zero-order valence-corrected chi connectivity index (χ0v) is 17.8. The quantitative estimate of drug-likeness (QED) is 0.632. The first-order chi connectivity index (χ1) is 14.5. The number of hydrogen-bond donors (Lipinski definition) is 2. The van der Waals surface area contributed by atoms with Gasteiger partial charge in [-0.05, 0) is 42.7 Å². The summed E-state index contributed by atoms with van der Waals surface area (Å²) in [5.74, 6) is -0.187. The summed E-state index contributed by atoms with van der Waals surface area (Å²) in [5.41, 5.74) is 1.07. The van der Waals surface area contributed by atoms with Gasteiger partial charge in [-0.15, -0.1) is 0 Å². The van der Waals surface area contributed by atoms with Crippen LogP contribution < -0.4 is 10.6 Å². The highest BCUT2D eigenvalue weighted by atomic mass is 32.2. The number of carbonyl (C=O) groups is 2. The van der Waals surface area contributed by atoms with Gasteiger partial charge in [-0.1, -0.05) is 49.6 Å². The van der Waals surface area contributed by atoms with Gasteiger partial charge in [0.05, 0.1) is 10.6 Å². The molecule has 2 aromatic carbocycles. The molecule has 1 saturated carbocycles. The van der Waals surface area contributed by atoms with E-state index in [-0.39, 0.29) is 28.4 Å². The van der Waals surface area contributed by atoms with Crippen molar-refractivity contribution >= 4 is 21.7 Å². The Kier molecular flexibility index (Phi) is 7.63. The van der Waals surface area contributed by atoms with Gasteiger partial charge < -0.3 is 10.6 Å². The highest BCUT2D eigenvalue weighted by Crippen LogP contribution is 2.23. The first-order valence-corrected chi connectivity index (χ1v) is 12.0. The van der Waals surface area contributed by atoms with Crippen LogP contribution in [0.2, 0.25) is 0 Å². The van der Waals surface area contributed by atoms with Crippen molar-refractivity contribution in [1.82, 2.24) is 10.6 Å². The van der Waals surface area contributed by atoms with Gasteiger partial charge in [-0.2, -0.15) is 0 Å². The lowest BCUT2D eigenvalue weighted by molar-refractivity contribution is -0.125. The summed E-state index contributed by atoms with van der Waals surface area (Å²) in [7, 11) is -3.42. The van der Waals surface area contributed by atoms with E-state index in [4.69, 9.17) is 0 Å². The summed E-state index contributed by atoms with van der Waals surface area (Å²) < 4.78 is 24.9. The van der Waals surface area contributed by atoms with Crippen LogP contribution in [0.25, 0.3) is 0 Å². The van der Waals surface area contributed by atoms with Crippen LogP contribution >= 0.6 is 0 Å². The molecule has 0 aromatic heterocycles. The van der Waals surface area contributed by atoms with Crippen molar-refractivity contribution < 1.29 is 18.0 Å². The fourth-order valence-corrected chi connectivity index (χ4v) is 5.03. The normalized spacial score (nSPS) is 14.8. The minimum atomic E-state index is -3.42. The zero-order valence-electron chi connectivity index (χ0n) is 17.0. The third kappa shape index (κ3) is 6.16. The van der Waals surface area contributed by atoms with E-state index in [0.29, 0.717) is 24.2 Å². The standard InChI is InChI=1S/C23H28N2O4S/c26-22(19-7-3-1-4-8-19)24-15-16-25-23(27)20-13-11-18(12-14-20)17-30(28,29)21-9-5-2-6-10-21/h2,5-6,9-14,19H,1,3-4,7-8,15-17H2,(H,24,26)(H,25,27). The maximum absolute atomic E-state index is 12.5. The molecule has 0 spiro atoms. The number of amides is 2. The second-order valence-corrected chi connectivity index (χ2v) is 9.64. The maximum atomic E-state index is 12.5. The van der Waals surface area contributed by atoms with Crippen LogP contribution in [0.15, 0.2) is 59.5 Å². The molecule has 30 heavy (non-hydrogen) atoms. The molecule has 3 rings (SSSR count). The molecule has 0 atom stereocenters. The SMILES string of the molecule is O=C(NCCNC(=O)C1CCCCC1)c1ccc(CS(=O)(=O)c2ccccc2)cc1. The van der Waals surface area contributed by atoms with Gasteiger partial charge in [-0.3, -0.25) is 9.59 Å². The van der Waals surface area contributed by atoms with Gasteiger partial charge in [0.25, 0.3) is 5.91 Å². The van der Waals surface area contributed by atoms with Gasteiger partial charge in [0.2, 0.25) is 5.91 Å². The number of carbonyl (C=O) groups excluding carboxylic acids is 2. The third-order valence-corrected chi connectivity index (χ3v) is 7.06. The highest BCUT2D eigenvalue weighted by molar-refractivity contribution is 7.90. The molecule has 160 valence electrons. The summed E-state index contributed by atoms with van der Waals surface area (Å²) in [6.45, 7) is 0.746. The van der Waals surface area contributed by atoms with E-state index >= 15 is 0 Å². The summed E-state index contributed by atoms with van der Waals surface area (Å²) in [4.78, 5) is 24.6. The Labute approximate surface area is 178 Å². The minimum Gasteiger partial charge on any atom is -0.354 e. The Morgan fingerprint density at radius 1 is 0.833 bits per heavy atom. The van der Waals surface area contributed by atoms with E-state index in [1.165, 1.54) is 6.42 Å². The molecule has 2 aromatic rings. The van der Waals surface area contributed by atoms with Crippen molar-refractivity contribution in [2.75, 3.05) is 13.1 Å². The lowest BCUT2D eigenvalue weighted by Crippen LogP contribution is -2.38. The molecular formula is C23H28N2O4S. The van der Waals surface area contributed by atoms with Crippen LogP contribution in [0.5, 0.6) is 0 Å². The molecule has 0 aliphatic heterocycles. The van der Waals surface area contributed by atoms with Crippen LogP contribution in [-0.4, -0.2) is 33.3 Å². The Hall–Kier alpha value is -2.67. The Morgan fingerprint density at radius 3 is 2.13 bits per heavy atom. The minimum absolute atomic E-state index is 0.0768. The Morgan fingerprint density at radius 2 is 1.47 bits per heavy atom. The molecule has 0 radical (unpaired) electrons. The molecule has 1 fully saturated rings. The number of rotatable bonds is 8. The first kappa shape index (κ1) is 22.0. The highest BCUT2D eigenvalue weighted by Gasteiger charge is 2.20. The molecule has 7 heteroatoms. The van der Waals surface area contributed by atoms with Crippen molar-refractivity contribution in [2.24, 2.45) is 5.92 Å². The lowest BCUT2D eigenvalue weighted by Gasteiger charge is -2.20. The van der Waals surface area contributed by atoms with Crippen molar-refractivity contribution in [1.29, 1.82) is 0 Å². The van der Waals surface area contributed by atoms with Gasteiger partial charge in [-0.25, -0.2) is 8.42 Å². The van der Waals surface area contributed by atoms with Crippen LogP contribution in [0.3, 0.4) is 0 Å². The zero-order chi connectivity index (χ0) is 21.4. The molecule has 6 nitrogen and oxygen atoms in total. The second kappa shape index (κ2) is 10.4.